The third-order valence-electron chi connectivity index (χ3n) is 4.88. The molecule has 2 atom stereocenters. The summed E-state index contributed by atoms with van der Waals surface area (Å²) in [5, 5.41) is 35.2. The lowest BCUT2D eigenvalue weighted by Crippen LogP contribution is -2.47. The van der Waals surface area contributed by atoms with Crippen molar-refractivity contribution in [3.63, 3.8) is 0 Å². The van der Waals surface area contributed by atoms with Crippen LogP contribution in [0.3, 0.4) is 0 Å². The molecular weight excluding hydrogens is 352 g/mol. The van der Waals surface area contributed by atoms with E-state index >= 15 is 0 Å². The fourth-order valence-corrected chi connectivity index (χ4v) is 3.99. The Balaban J connectivity index is 3.44. The summed E-state index contributed by atoms with van der Waals surface area (Å²) in [7, 11) is -2.07. The van der Waals surface area contributed by atoms with Gasteiger partial charge in [0.25, 0.3) is 5.12 Å². The summed E-state index contributed by atoms with van der Waals surface area (Å²) >= 11 is 0. The van der Waals surface area contributed by atoms with E-state index in [1.165, 1.54) is 70.6 Å². The van der Waals surface area contributed by atoms with Gasteiger partial charge in [-0.1, -0.05) is 96.8 Å². The van der Waals surface area contributed by atoms with Crippen LogP contribution in [0.1, 0.15) is 103 Å². The van der Waals surface area contributed by atoms with Crippen molar-refractivity contribution in [1.29, 1.82) is 0 Å². The van der Waals surface area contributed by atoms with Gasteiger partial charge in [-0.15, -0.1) is 0 Å². The van der Waals surface area contributed by atoms with Crippen LogP contribution in [0.5, 0.6) is 0 Å². The Morgan fingerprint density at radius 2 is 1.15 bits per heavy atom. The molecule has 0 heterocycles. The standard InChI is InChI=1S/C20H42O5S/c1-2-3-4-5-6-7-8-9-10-11-12-13-14-15-16-19(22)20(23,24)26(25)18-17-21/h19,21-24H,2-18H2,1H3. The number of aliphatic hydroxyl groups is 4. The van der Waals surface area contributed by atoms with Gasteiger partial charge in [-0.05, 0) is 6.42 Å². The maximum absolute atomic E-state index is 11.5. The van der Waals surface area contributed by atoms with E-state index in [1.54, 1.807) is 0 Å². The molecule has 4 N–H and O–H groups in total. The molecule has 0 rings (SSSR count). The Bertz CT molecular complexity index is 336. The molecule has 0 aromatic rings. The molecule has 0 aliphatic rings. The summed E-state index contributed by atoms with van der Waals surface area (Å²) in [6.07, 6.45) is 16.0. The Kier molecular flexibility index (Phi) is 17.1. The second kappa shape index (κ2) is 17.1. The number of hydrogen-bond donors (Lipinski definition) is 4. The molecular formula is C20H42O5S. The van der Waals surface area contributed by atoms with Crippen LogP contribution in [-0.4, -0.2) is 48.2 Å². The van der Waals surface area contributed by atoms with Crippen LogP contribution in [-0.2, 0) is 10.8 Å². The summed E-state index contributed by atoms with van der Waals surface area (Å²) < 4.78 is 11.5. The topological polar surface area (TPSA) is 98.0 Å². The Morgan fingerprint density at radius 3 is 1.54 bits per heavy atom. The maximum atomic E-state index is 11.5. The van der Waals surface area contributed by atoms with Gasteiger partial charge in [0.2, 0.25) is 0 Å². The normalized spacial score (nSPS) is 14.5. The zero-order chi connectivity index (χ0) is 19.7. The van der Waals surface area contributed by atoms with Crippen LogP contribution in [0.15, 0.2) is 0 Å². The lowest BCUT2D eigenvalue weighted by Gasteiger charge is -2.26. The van der Waals surface area contributed by atoms with Gasteiger partial charge in [0.05, 0.1) is 23.2 Å². The average molecular weight is 395 g/mol. The first kappa shape index (κ1) is 26.0. The van der Waals surface area contributed by atoms with Gasteiger partial charge in [-0.25, -0.2) is 0 Å². The number of rotatable bonds is 19. The minimum absolute atomic E-state index is 0.211. The molecule has 0 saturated heterocycles. The van der Waals surface area contributed by atoms with Gasteiger partial charge in [0, 0.05) is 0 Å². The highest BCUT2D eigenvalue weighted by molar-refractivity contribution is 7.86. The van der Waals surface area contributed by atoms with E-state index in [4.69, 9.17) is 5.11 Å². The van der Waals surface area contributed by atoms with Crippen LogP contribution in [0.2, 0.25) is 0 Å². The van der Waals surface area contributed by atoms with Crippen molar-refractivity contribution in [2.45, 2.75) is 114 Å². The lowest BCUT2D eigenvalue weighted by atomic mass is 10.0. The zero-order valence-electron chi connectivity index (χ0n) is 16.7. The molecule has 0 aliphatic heterocycles. The summed E-state index contributed by atoms with van der Waals surface area (Å²) in [5.74, 6) is -0.247. The minimum atomic E-state index is -2.63. The van der Waals surface area contributed by atoms with Gasteiger partial charge in [0.1, 0.15) is 6.10 Å². The van der Waals surface area contributed by atoms with E-state index in [2.05, 4.69) is 6.92 Å². The summed E-state index contributed by atoms with van der Waals surface area (Å²) in [5.41, 5.74) is 0. The van der Waals surface area contributed by atoms with Crippen molar-refractivity contribution in [2.24, 2.45) is 0 Å². The molecule has 6 heteroatoms. The van der Waals surface area contributed by atoms with Crippen molar-refractivity contribution in [2.75, 3.05) is 12.4 Å². The predicted octanol–water partition coefficient (Wildman–Crippen LogP) is 3.60. The van der Waals surface area contributed by atoms with E-state index < -0.39 is 28.6 Å². The molecule has 0 aromatic carbocycles. The van der Waals surface area contributed by atoms with Crippen LogP contribution < -0.4 is 0 Å². The highest BCUT2D eigenvalue weighted by atomic mass is 32.2. The fraction of sp³-hybridized carbons (Fsp3) is 1.00. The third kappa shape index (κ3) is 13.2. The number of hydrogen-bond acceptors (Lipinski definition) is 5. The smallest absolute Gasteiger partial charge is 0.269 e. The molecule has 0 aromatic heterocycles. The lowest BCUT2D eigenvalue weighted by molar-refractivity contribution is -0.158. The van der Waals surface area contributed by atoms with E-state index in [0.29, 0.717) is 6.42 Å². The summed E-state index contributed by atoms with van der Waals surface area (Å²) in [6, 6.07) is 0. The molecule has 0 radical (unpaired) electrons. The Morgan fingerprint density at radius 1 is 0.769 bits per heavy atom. The van der Waals surface area contributed by atoms with Crippen LogP contribution in [0.25, 0.3) is 0 Å². The molecule has 0 bridgehead atoms. The average Bonchev–Trinajstić information content (AvgIpc) is 2.61. The number of aliphatic hydroxyl groups excluding tert-OH is 2. The molecule has 2 unspecified atom stereocenters. The minimum Gasteiger partial charge on any atom is -0.395 e. The zero-order valence-corrected chi connectivity index (χ0v) is 17.5. The Hall–Kier alpha value is -0.0100. The summed E-state index contributed by atoms with van der Waals surface area (Å²) in [6.45, 7) is 1.84. The first-order valence-corrected chi connectivity index (χ1v) is 11.9. The molecule has 5 nitrogen and oxygen atoms in total. The van der Waals surface area contributed by atoms with E-state index in [1.807, 2.05) is 0 Å². The SMILES string of the molecule is CCCCCCCCCCCCCCCCC(O)C(O)(O)S(=O)CCO. The largest absolute Gasteiger partial charge is 0.395 e. The third-order valence-corrected chi connectivity index (χ3v) is 6.37. The van der Waals surface area contributed by atoms with E-state index in [9.17, 15) is 19.5 Å². The van der Waals surface area contributed by atoms with Gasteiger partial charge in [-0.3, -0.25) is 4.21 Å². The molecule has 158 valence electrons. The number of unbranched alkanes of at least 4 members (excludes halogenated alkanes) is 13. The van der Waals surface area contributed by atoms with Crippen molar-refractivity contribution in [1.82, 2.24) is 0 Å². The van der Waals surface area contributed by atoms with Crippen LogP contribution in [0, 0.1) is 0 Å². The van der Waals surface area contributed by atoms with Gasteiger partial charge >= 0.3 is 0 Å². The Labute approximate surface area is 162 Å². The van der Waals surface area contributed by atoms with Gasteiger partial charge < -0.3 is 20.4 Å². The van der Waals surface area contributed by atoms with E-state index in [0.717, 1.165) is 12.8 Å². The molecule has 0 aliphatic carbocycles. The molecule has 26 heavy (non-hydrogen) atoms. The fourth-order valence-electron chi connectivity index (χ4n) is 3.11. The van der Waals surface area contributed by atoms with E-state index in [-0.39, 0.29) is 12.2 Å². The molecule has 0 fully saturated rings. The molecule has 0 spiro atoms. The first-order valence-electron chi connectivity index (χ1n) is 10.6. The van der Waals surface area contributed by atoms with Crippen LogP contribution in [0.4, 0.5) is 0 Å². The van der Waals surface area contributed by atoms with Crippen LogP contribution >= 0.6 is 0 Å². The maximum Gasteiger partial charge on any atom is 0.269 e. The van der Waals surface area contributed by atoms with Gasteiger partial charge in [-0.2, -0.15) is 0 Å². The molecule has 0 saturated carbocycles. The van der Waals surface area contributed by atoms with Gasteiger partial charge in [0.15, 0.2) is 0 Å². The monoisotopic (exact) mass is 394 g/mol. The highest BCUT2D eigenvalue weighted by Gasteiger charge is 2.38. The second-order valence-corrected chi connectivity index (χ2v) is 9.03. The quantitative estimate of drug-likeness (QED) is 0.198. The van der Waals surface area contributed by atoms with Crippen molar-refractivity contribution >= 4 is 10.8 Å². The predicted molar refractivity (Wildman–Crippen MR) is 108 cm³/mol. The van der Waals surface area contributed by atoms with Crippen molar-refractivity contribution in [3.05, 3.63) is 0 Å². The first-order chi connectivity index (χ1) is 12.5. The van der Waals surface area contributed by atoms with Crippen molar-refractivity contribution in [3.8, 4) is 0 Å². The summed E-state index contributed by atoms with van der Waals surface area (Å²) in [4.78, 5) is 0. The van der Waals surface area contributed by atoms with Crippen molar-refractivity contribution < 1.29 is 24.6 Å². The highest BCUT2D eigenvalue weighted by Crippen LogP contribution is 2.19. The molecule has 0 amide bonds. The second-order valence-electron chi connectivity index (χ2n) is 7.33.